The van der Waals surface area contributed by atoms with E-state index in [-0.39, 0.29) is 11.3 Å². The van der Waals surface area contributed by atoms with E-state index in [1.807, 2.05) is 11.6 Å². The Balaban J connectivity index is 2.07. The summed E-state index contributed by atoms with van der Waals surface area (Å²) in [7, 11) is 0. The number of carbonyl (C=O) groups excluding carboxylic acids is 1. The number of carbonyl (C=O) groups is 1. The molecule has 2 unspecified atom stereocenters. The Morgan fingerprint density at radius 1 is 1.47 bits per heavy atom. The van der Waals surface area contributed by atoms with Crippen molar-refractivity contribution in [2.75, 3.05) is 0 Å². The highest BCUT2D eigenvalue weighted by molar-refractivity contribution is 7.09. The molecule has 0 aromatic carbocycles. The van der Waals surface area contributed by atoms with Crippen molar-refractivity contribution in [2.45, 2.75) is 46.5 Å². The molecule has 2 nitrogen and oxygen atoms in total. The average molecular weight is 251 g/mol. The van der Waals surface area contributed by atoms with Crippen molar-refractivity contribution in [1.29, 1.82) is 0 Å². The van der Waals surface area contributed by atoms with Crippen LogP contribution in [0.5, 0.6) is 0 Å². The van der Waals surface area contributed by atoms with Gasteiger partial charge in [0.2, 0.25) is 0 Å². The normalized spacial score (nSPS) is 26.2. The molecule has 1 saturated carbocycles. The molecule has 1 fully saturated rings. The third-order valence-corrected chi connectivity index (χ3v) is 4.70. The minimum atomic E-state index is 0.0507. The zero-order chi connectivity index (χ0) is 12.5. The zero-order valence-electron chi connectivity index (χ0n) is 10.9. The summed E-state index contributed by atoms with van der Waals surface area (Å²) in [6, 6.07) is 0. The van der Waals surface area contributed by atoms with Gasteiger partial charge in [-0.05, 0) is 24.2 Å². The Kier molecular flexibility index (Phi) is 3.67. The monoisotopic (exact) mass is 251 g/mol. The smallest absolute Gasteiger partial charge is 0.136 e. The summed E-state index contributed by atoms with van der Waals surface area (Å²) >= 11 is 1.69. The predicted molar refractivity (Wildman–Crippen MR) is 71.1 cm³/mol. The van der Waals surface area contributed by atoms with Crippen LogP contribution in [0, 0.1) is 17.3 Å². The number of rotatable bonds is 3. The maximum Gasteiger partial charge on any atom is 0.136 e. The van der Waals surface area contributed by atoms with Crippen LogP contribution in [-0.2, 0) is 11.2 Å². The van der Waals surface area contributed by atoms with Gasteiger partial charge in [-0.2, -0.15) is 0 Å². The van der Waals surface area contributed by atoms with E-state index in [1.54, 1.807) is 11.3 Å². The van der Waals surface area contributed by atoms with E-state index >= 15 is 0 Å². The quantitative estimate of drug-likeness (QED) is 0.819. The molecule has 0 amide bonds. The molecule has 0 radical (unpaired) electrons. The summed E-state index contributed by atoms with van der Waals surface area (Å²) in [5, 5.41) is 3.16. The van der Waals surface area contributed by atoms with Crippen molar-refractivity contribution in [3.05, 3.63) is 16.6 Å². The molecule has 0 aliphatic heterocycles. The van der Waals surface area contributed by atoms with Crippen LogP contribution in [0.15, 0.2) is 11.6 Å². The molecule has 1 heterocycles. The first-order valence-electron chi connectivity index (χ1n) is 6.40. The van der Waals surface area contributed by atoms with E-state index in [0.29, 0.717) is 11.7 Å². The van der Waals surface area contributed by atoms with Crippen molar-refractivity contribution < 1.29 is 4.79 Å². The van der Waals surface area contributed by atoms with Gasteiger partial charge in [0, 0.05) is 30.3 Å². The van der Waals surface area contributed by atoms with Crippen LogP contribution in [0.25, 0.3) is 0 Å². The molecule has 3 heteroatoms. The van der Waals surface area contributed by atoms with Crippen molar-refractivity contribution in [3.8, 4) is 0 Å². The van der Waals surface area contributed by atoms with Crippen LogP contribution in [0.3, 0.4) is 0 Å². The Morgan fingerprint density at radius 3 is 2.82 bits per heavy atom. The Bertz CT molecular complexity index is 383. The SMILES string of the molecule is CC1CCC(C(C)(C)Cc2nccs2)C(=O)C1. The van der Waals surface area contributed by atoms with Crippen LogP contribution in [0.1, 0.15) is 45.0 Å². The molecule has 1 aliphatic rings. The second-order valence-corrected chi connectivity index (χ2v) is 6.98. The van der Waals surface area contributed by atoms with Crippen LogP contribution in [-0.4, -0.2) is 10.8 Å². The third kappa shape index (κ3) is 2.95. The van der Waals surface area contributed by atoms with Crippen molar-refractivity contribution >= 4 is 17.1 Å². The molecule has 0 spiro atoms. The minimum absolute atomic E-state index is 0.0507. The maximum absolute atomic E-state index is 12.2. The van der Waals surface area contributed by atoms with E-state index in [9.17, 15) is 4.79 Å². The molecule has 0 saturated heterocycles. The first-order valence-corrected chi connectivity index (χ1v) is 7.28. The summed E-state index contributed by atoms with van der Waals surface area (Å²) in [5.74, 6) is 1.27. The number of Topliss-reactive ketones (excluding diaryl/α,β-unsaturated/α-hetero) is 1. The lowest BCUT2D eigenvalue weighted by molar-refractivity contribution is -0.129. The van der Waals surface area contributed by atoms with Gasteiger partial charge in [-0.3, -0.25) is 4.79 Å². The summed E-state index contributed by atoms with van der Waals surface area (Å²) in [6.45, 7) is 6.61. The highest BCUT2D eigenvalue weighted by Gasteiger charge is 2.38. The third-order valence-electron chi connectivity index (χ3n) is 3.92. The molecule has 0 N–H and O–H groups in total. The lowest BCUT2D eigenvalue weighted by Crippen LogP contribution is -2.36. The molecule has 1 aromatic rings. The van der Waals surface area contributed by atoms with Gasteiger partial charge in [-0.15, -0.1) is 11.3 Å². The molecule has 2 rings (SSSR count). The van der Waals surface area contributed by atoms with Gasteiger partial charge in [0.1, 0.15) is 5.78 Å². The predicted octanol–water partition coefficient (Wildman–Crippen LogP) is 3.72. The van der Waals surface area contributed by atoms with Crippen LogP contribution in [0.4, 0.5) is 0 Å². The molecule has 1 aliphatic carbocycles. The first kappa shape index (κ1) is 12.7. The highest BCUT2D eigenvalue weighted by Crippen LogP contribution is 2.40. The van der Waals surface area contributed by atoms with E-state index in [0.717, 1.165) is 24.3 Å². The molecule has 2 atom stereocenters. The number of aromatic nitrogens is 1. The fourth-order valence-electron chi connectivity index (χ4n) is 2.88. The molecular weight excluding hydrogens is 230 g/mol. The van der Waals surface area contributed by atoms with Crippen molar-refractivity contribution in [1.82, 2.24) is 4.98 Å². The summed E-state index contributed by atoms with van der Waals surface area (Å²) in [4.78, 5) is 16.5. The van der Waals surface area contributed by atoms with Crippen molar-refractivity contribution in [2.24, 2.45) is 17.3 Å². The topological polar surface area (TPSA) is 30.0 Å². The zero-order valence-corrected chi connectivity index (χ0v) is 11.7. The number of ketones is 1. The van der Waals surface area contributed by atoms with Gasteiger partial charge in [0.05, 0.1) is 5.01 Å². The van der Waals surface area contributed by atoms with Gasteiger partial charge in [0.25, 0.3) is 0 Å². The van der Waals surface area contributed by atoms with Crippen molar-refractivity contribution in [3.63, 3.8) is 0 Å². The average Bonchev–Trinajstić information content (AvgIpc) is 2.68. The maximum atomic E-state index is 12.2. The second kappa shape index (κ2) is 4.89. The van der Waals surface area contributed by atoms with Gasteiger partial charge in [0.15, 0.2) is 0 Å². The van der Waals surface area contributed by atoms with Gasteiger partial charge in [-0.25, -0.2) is 4.98 Å². The Labute approximate surface area is 107 Å². The fraction of sp³-hybridized carbons (Fsp3) is 0.714. The molecule has 17 heavy (non-hydrogen) atoms. The van der Waals surface area contributed by atoms with Crippen LogP contribution in [0.2, 0.25) is 0 Å². The molecule has 94 valence electrons. The van der Waals surface area contributed by atoms with Gasteiger partial charge < -0.3 is 0 Å². The second-order valence-electron chi connectivity index (χ2n) is 6.00. The number of hydrogen-bond acceptors (Lipinski definition) is 3. The van der Waals surface area contributed by atoms with E-state index in [1.165, 1.54) is 6.42 Å². The fourth-order valence-corrected chi connectivity index (χ4v) is 3.74. The first-order chi connectivity index (χ1) is 7.99. The Hall–Kier alpha value is -0.700. The lowest BCUT2D eigenvalue weighted by atomic mass is 9.67. The van der Waals surface area contributed by atoms with E-state index in [2.05, 4.69) is 25.8 Å². The lowest BCUT2D eigenvalue weighted by Gasteiger charge is -2.37. The standard InChI is InChI=1S/C14H21NOS/c1-10-4-5-11(12(16)8-10)14(2,3)9-13-15-6-7-17-13/h6-7,10-11H,4-5,8-9H2,1-3H3. The largest absolute Gasteiger partial charge is 0.299 e. The summed E-state index contributed by atoms with van der Waals surface area (Å²) in [6.07, 6.45) is 5.79. The Morgan fingerprint density at radius 2 is 2.24 bits per heavy atom. The molecule has 1 aromatic heterocycles. The summed E-state index contributed by atoms with van der Waals surface area (Å²) < 4.78 is 0. The minimum Gasteiger partial charge on any atom is -0.299 e. The van der Waals surface area contributed by atoms with Crippen LogP contribution >= 0.6 is 11.3 Å². The highest BCUT2D eigenvalue weighted by atomic mass is 32.1. The van der Waals surface area contributed by atoms with Gasteiger partial charge >= 0.3 is 0 Å². The van der Waals surface area contributed by atoms with Crippen LogP contribution < -0.4 is 0 Å². The van der Waals surface area contributed by atoms with E-state index < -0.39 is 0 Å². The van der Waals surface area contributed by atoms with E-state index in [4.69, 9.17) is 0 Å². The molecule has 0 bridgehead atoms. The number of nitrogens with zero attached hydrogens (tertiary/aromatic N) is 1. The number of thiazole rings is 1. The van der Waals surface area contributed by atoms with Gasteiger partial charge in [-0.1, -0.05) is 20.8 Å². The summed E-state index contributed by atoms with van der Waals surface area (Å²) in [5.41, 5.74) is 0.0507. The number of hydrogen-bond donors (Lipinski definition) is 0. The molecular formula is C14H21NOS.